The molecule has 2 N–H and O–H groups in total. The van der Waals surface area contributed by atoms with Crippen molar-refractivity contribution in [2.45, 2.75) is 31.1 Å². The summed E-state index contributed by atoms with van der Waals surface area (Å²) in [5.74, 6) is 0. The number of nitrogens with one attached hydrogen (secondary N) is 1. The monoisotopic (exact) mass is 223 g/mol. The first kappa shape index (κ1) is 11.9. The maximum Gasteiger partial charge on any atom is 0.214 e. The summed E-state index contributed by atoms with van der Waals surface area (Å²) in [6.45, 7) is 2.63. The molecular formula is C8H17NO4S. The molecular weight excluding hydrogens is 206 g/mol. The molecule has 0 unspecified atom stereocenters. The van der Waals surface area contributed by atoms with Crippen LogP contribution >= 0.6 is 0 Å². The van der Waals surface area contributed by atoms with Crippen LogP contribution in [-0.4, -0.2) is 44.6 Å². The Morgan fingerprint density at radius 2 is 2.07 bits per heavy atom. The Labute approximate surface area is 84.5 Å². The third kappa shape index (κ3) is 3.53. The molecule has 0 spiro atoms. The number of aliphatic hydroxyl groups excluding tert-OH is 1. The van der Waals surface area contributed by atoms with Crippen molar-refractivity contribution < 1.29 is 18.3 Å². The van der Waals surface area contributed by atoms with E-state index in [0.717, 1.165) is 0 Å². The third-order valence-corrected chi connectivity index (χ3v) is 4.11. The zero-order valence-electron chi connectivity index (χ0n) is 8.27. The van der Waals surface area contributed by atoms with Crippen LogP contribution < -0.4 is 4.72 Å². The summed E-state index contributed by atoms with van der Waals surface area (Å²) < 4.78 is 30.7. The van der Waals surface area contributed by atoms with Crippen molar-refractivity contribution in [3.8, 4) is 0 Å². The van der Waals surface area contributed by atoms with E-state index >= 15 is 0 Å². The van der Waals surface area contributed by atoms with Gasteiger partial charge in [0.2, 0.25) is 10.0 Å². The van der Waals surface area contributed by atoms with Gasteiger partial charge in [-0.1, -0.05) is 0 Å². The Bertz CT molecular complexity index is 257. The van der Waals surface area contributed by atoms with Crippen LogP contribution in [0.2, 0.25) is 0 Å². The average Bonchev–Trinajstić information content (AvgIpc) is 2.16. The maximum atomic E-state index is 11.6. The standard InChI is InChI=1S/C8H17NO4S/c1-7(10)6-9-14(11,12)8-2-4-13-5-3-8/h7-10H,2-6H2,1H3/t7-/m0/s1. The van der Waals surface area contributed by atoms with Gasteiger partial charge in [-0.15, -0.1) is 0 Å². The second kappa shape index (κ2) is 5.06. The molecule has 14 heavy (non-hydrogen) atoms. The Balaban J connectivity index is 2.46. The summed E-state index contributed by atoms with van der Waals surface area (Å²) in [6.07, 6.45) is 0.425. The number of aliphatic hydroxyl groups is 1. The first-order valence-electron chi connectivity index (χ1n) is 4.76. The SMILES string of the molecule is C[C@H](O)CNS(=O)(=O)C1CCOCC1. The Hall–Kier alpha value is -0.170. The predicted molar refractivity (Wildman–Crippen MR) is 52.4 cm³/mol. The molecule has 0 saturated carbocycles. The Morgan fingerprint density at radius 1 is 1.50 bits per heavy atom. The van der Waals surface area contributed by atoms with E-state index in [4.69, 9.17) is 9.84 Å². The van der Waals surface area contributed by atoms with Crippen molar-refractivity contribution in [2.75, 3.05) is 19.8 Å². The summed E-state index contributed by atoms with van der Waals surface area (Å²) in [6, 6.07) is 0. The van der Waals surface area contributed by atoms with E-state index in [1.54, 1.807) is 6.92 Å². The highest BCUT2D eigenvalue weighted by molar-refractivity contribution is 7.90. The first-order valence-corrected chi connectivity index (χ1v) is 6.31. The maximum absolute atomic E-state index is 11.6. The van der Waals surface area contributed by atoms with E-state index in [9.17, 15) is 8.42 Å². The van der Waals surface area contributed by atoms with Gasteiger partial charge in [-0.05, 0) is 19.8 Å². The lowest BCUT2D eigenvalue weighted by Crippen LogP contribution is -2.40. The Kier molecular flexibility index (Phi) is 4.31. The zero-order valence-corrected chi connectivity index (χ0v) is 9.09. The lowest BCUT2D eigenvalue weighted by Gasteiger charge is -2.22. The summed E-state index contributed by atoms with van der Waals surface area (Å²) in [4.78, 5) is 0. The van der Waals surface area contributed by atoms with Gasteiger partial charge >= 0.3 is 0 Å². The molecule has 0 aromatic carbocycles. The minimum atomic E-state index is -3.27. The lowest BCUT2D eigenvalue weighted by molar-refractivity contribution is 0.0980. The lowest BCUT2D eigenvalue weighted by atomic mass is 10.2. The summed E-state index contributed by atoms with van der Waals surface area (Å²) in [7, 11) is -3.27. The second-order valence-electron chi connectivity index (χ2n) is 3.55. The Morgan fingerprint density at radius 3 is 2.57 bits per heavy atom. The molecule has 84 valence electrons. The van der Waals surface area contributed by atoms with Crippen LogP contribution in [0.4, 0.5) is 0 Å². The first-order chi connectivity index (χ1) is 6.52. The van der Waals surface area contributed by atoms with Crippen molar-refractivity contribution in [1.29, 1.82) is 0 Å². The average molecular weight is 223 g/mol. The van der Waals surface area contributed by atoms with Crippen LogP contribution in [0.3, 0.4) is 0 Å². The van der Waals surface area contributed by atoms with E-state index in [0.29, 0.717) is 26.1 Å². The van der Waals surface area contributed by atoms with Gasteiger partial charge in [0.25, 0.3) is 0 Å². The van der Waals surface area contributed by atoms with Crippen molar-refractivity contribution in [3.63, 3.8) is 0 Å². The van der Waals surface area contributed by atoms with Gasteiger partial charge in [0.15, 0.2) is 0 Å². The minimum absolute atomic E-state index is 0.0830. The van der Waals surface area contributed by atoms with Crippen LogP contribution in [0, 0.1) is 0 Å². The highest BCUT2D eigenvalue weighted by Gasteiger charge is 2.27. The molecule has 0 bridgehead atoms. The van der Waals surface area contributed by atoms with E-state index < -0.39 is 16.1 Å². The largest absolute Gasteiger partial charge is 0.392 e. The molecule has 1 aliphatic rings. The zero-order chi connectivity index (χ0) is 10.6. The predicted octanol–water partition coefficient (Wildman–Crippen LogP) is -0.534. The smallest absolute Gasteiger partial charge is 0.214 e. The molecule has 1 fully saturated rings. The fourth-order valence-electron chi connectivity index (χ4n) is 1.34. The number of hydrogen-bond acceptors (Lipinski definition) is 4. The van der Waals surface area contributed by atoms with Crippen molar-refractivity contribution >= 4 is 10.0 Å². The molecule has 0 aromatic heterocycles. The molecule has 0 aromatic rings. The highest BCUT2D eigenvalue weighted by atomic mass is 32.2. The molecule has 1 heterocycles. The van der Waals surface area contributed by atoms with E-state index in [1.807, 2.05) is 0 Å². The van der Waals surface area contributed by atoms with Crippen LogP contribution in [0.15, 0.2) is 0 Å². The fraction of sp³-hybridized carbons (Fsp3) is 1.00. The van der Waals surface area contributed by atoms with E-state index in [2.05, 4.69) is 4.72 Å². The number of ether oxygens (including phenoxy) is 1. The van der Waals surface area contributed by atoms with Crippen LogP contribution in [0.5, 0.6) is 0 Å². The van der Waals surface area contributed by atoms with Gasteiger partial charge in [-0.3, -0.25) is 0 Å². The van der Waals surface area contributed by atoms with E-state index in [1.165, 1.54) is 0 Å². The number of hydrogen-bond donors (Lipinski definition) is 2. The molecule has 0 radical (unpaired) electrons. The molecule has 0 aliphatic carbocycles. The molecule has 0 amide bonds. The molecule has 6 heteroatoms. The second-order valence-corrected chi connectivity index (χ2v) is 5.60. The van der Waals surface area contributed by atoms with Crippen molar-refractivity contribution in [1.82, 2.24) is 4.72 Å². The minimum Gasteiger partial charge on any atom is -0.392 e. The van der Waals surface area contributed by atoms with Crippen LogP contribution in [-0.2, 0) is 14.8 Å². The summed E-state index contributed by atoms with van der Waals surface area (Å²) in [5, 5.41) is 8.60. The summed E-state index contributed by atoms with van der Waals surface area (Å²) in [5.41, 5.74) is 0. The normalized spacial score (nSPS) is 22.1. The third-order valence-electron chi connectivity index (χ3n) is 2.19. The highest BCUT2D eigenvalue weighted by Crippen LogP contribution is 2.14. The molecule has 1 aliphatic heterocycles. The van der Waals surface area contributed by atoms with Gasteiger partial charge in [0.1, 0.15) is 0 Å². The molecule has 1 atom stereocenters. The summed E-state index contributed by atoms with van der Waals surface area (Å²) >= 11 is 0. The molecule has 1 saturated heterocycles. The fourth-order valence-corrected chi connectivity index (χ4v) is 2.86. The molecule has 5 nitrogen and oxygen atoms in total. The van der Waals surface area contributed by atoms with Crippen LogP contribution in [0.25, 0.3) is 0 Å². The quantitative estimate of drug-likeness (QED) is 0.671. The van der Waals surface area contributed by atoms with E-state index in [-0.39, 0.29) is 11.8 Å². The van der Waals surface area contributed by atoms with Gasteiger partial charge in [0, 0.05) is 19.8 Å². The molecule has 1 rings (SSSR count). The number of rotatable bonds is 4. The topological polar surface area (TPSA) is 75.6 Å². The van der Waals surface area contributed by atoms with Crippen molar-refractivity contribution in [3.05, 3.63) is 0 Å². The van der Waals surface area contributed by atoms with Gasteiger partial charge in [0.05, 0.1) is 11.4 Å². The van der Waals surface area contributed by atoms with Gasteiger partial charge < -0.3 is 9.84 Å². The van der Waals surface area contributed by atoms with Gasteiger partial charge in [-0.25, -0.2) is 13.1 Å². The van der Waals surface area contributed by atoms with Crippen molar-refractivity contribution in [2.24, 2.45) is 0 Å². The van der Waals surface area contributed by atoms with Gasteiger partial charge in [-0.2, -0.15) is 0 Å². The number of sulfonamides is 1. The van der Waals surface area contributed by atoms with Crippen LogP contribution in [0.1, 0.15) is 19.8 Å².